The molecule has 0 saturated carbocycles. The average molecular weight is 379 g/mol. The molecule has 2 rings (SSSR count). The first-order valence-corrected chi connectivity index (χ1v) is 7.97. The number of aldehydes is 1. The first kappa shape index (κ1) is 19.1. The Bertz CT molecular complexity index is 734. The lowest BCUT2D eigenvalue weighted by Gasteiger charge is -2.21. The van der Waals surface area contributed by atoms with Crippen molar-refractivity contribution >= 4 is 14.8 Å². The van der Waals surface area contributed by atoms with Crippen LogP contribution in [0.1, 0.15) is 6.92 Å². The highest BCUT2D eigenvalue weighted by Crippen LogP contribution is 2.41. The normalized spacial score (nSPS) is 13.2. The smallest absolute Gasteiger partial charge is 0.382 e. The summed E-state index contributed by atoms with van der Waals surface area (Å²) in [5, 5.41) is 2.45. The first-order chi connectivity index (χ1) is 11.8. The standard InChI is InChI=1S/C15H11F5NO3P/c1-8(7-22)21-25(23-9-5-3-2-4-6-9)24-15-13(19)11(17)10(16)12(18)14(15)20/h2-8,21H,1H3/t8-,25?/m1/s1. The van der Waals surface area contributed by atoms with Gasteiger partial charge in [-0.2, -0.15) is 8.78 Å². The van der Waals surface area contributed by atoms with Crippen LogP contribution in [0.25, 0.3) is 0 Å². The minimum Gasteiger partial charge on any atom is -0.427 e. The summed E-state index contributed by atoms with van der Waals surface area (Å²) in [6.07, 6.45) is 0.450. The molecule has 1 unspecified atom stereocenters. The Morgan fingerprint density at radius 1 is 0.920 bits per heavy atom. The van der Waals surface area contributed by atoms with Crippen LogP contribution in [-0.4, -0.2) is 12.3 Å². The average Bonchev–Trinajstić information content (AvgIpc) is 2.62. The predicted molar refractivity (Wildman–Crippen MR) is 79.5 cm³/mol. The van der Waals surface area contributed by atoms with Crippen LogP contribution in [0.2, 0.25) is 0 Å². The molecule has 0 saturated heterocycles. The minimum absolute atomic E-state index is 0.197. The maximum absolute atomic E-state index is 13.7. The third kappa shape index (κ3) is 4.43. The molecule has 0 spiro atoms. The van der Waals surface area contributed by atoms with Crippen LogP contribution in [0.15, 0.2) is 30.3 Å². The highest BCUT2D eigenvalue weighted by Gasteiger charge is 2.30. The van der Waals surface area contributed by atoms with E-state index in [1.54, 1.807) is 18.2 Å². The van der Waals surface area contributed by atoms with Gasteiger partial charge in [-0.25, -0.2) is 18.3 Å². The molecule has 0 bridgehead atoms. The summed E-state index contributed by atoms with van der Waals surface area (Å²) in [6, 6.07) is 6.93. The van der Waals surface area contributed by atoms with Crippen molar-refractivity contribution in [2.24, 2.45) is 0 Å². The molecule has 0 aliphatic heterocycles. The molecule has 0 aliphatic rings. The molecule has 134 valence electrons. The molecule has 0 radical (unpaired) electrons. The Morgan fingerprint density at radius 2 is 1.44 bits per heavy atom. The summed E-state index contributed by atoms with van der Waals surface area (Å²) in [7, 11) is -2.44. The molecule has 0 fully saturated rings. The number of nitrogens with one attached hydrogen (secondary N) is 1. The van der Waals surface area contributed by atoms with Crippen LogP contribution >= 0.6 is 8.53 Å². The molecule has 0 amide bonds. The lowest BCUT2D eigenvalue weighted by molar-refractivity contribution is -0.108. The van der Waals surface area contributed by atoms with Crippen LogP contribution in [0.5, 0.6) is 11.5 Å². The molecular formula is C15H11F5NO3P. The zero-order valence-corrected chi connectivity index (χ0v) is 13.5. The van der Waals surface area contributed by atoms with Gasteiger partial charge < -0.3 is 13.8 Å². The Labute approximate surface area is 140 Å². The highest BCUT2D eigenvalue weighted by molar-refractivity contribution is 7.45. The van der Waals surface area contributed by atoms with E-state index in [0.29, 0.717) is 6.29 Å². The lowest BCUT2D eigenvalue weighted by Crippen LogP contribution is -2.26. The topological polar surface area (TPSA) is 47.6 Å². The third-order valence-electron chi connectivity index (χ3n) is 2.79. The van der Waals surface area contributed by atoms with Crippen LogP contribution in [-0.2, 0) is 4.79 Å². The number of carbonyl (C=O) groups excluding carboxylic acids is 1. The van der Waals surface area contributed by atoms with Gasteiger partial charge in [0, 0.05) is 0 Å². The van der Waals surface area contributed by atoms with Gasteiger partial charge in [0.1, 0.15) is 12.0 Å². The van der Waals surface area contributed by atoms with E-state index in [4.69, 9.17) is 9.05 Å². The van der Waals surface area contributed by atoms with Crippen molar-refractivity contribution in [1.82, 2.24) is 5.09 Å². The second-order valence-corrected chi connectivity index (χ2v) is 5.84. The second-order valence-electron chi connectivity index (χ2n) is 4.71. The summed E-state index contributed by atoms with van der Waals surface area (Å²) < 4.78 is 77.2. The van der Waals surface area contributed by atoms with Crippen molar-refractivity contribution < 1.29 is 35.8 Å². The Morgan fingerprint density at radius 3 is 1.96 bits per heavy atom. The molecule has 10 heteroatoms. The van der Waals surface area contributed by atoms with E-state index in [9.17, 15) is 26.7 Å². The number of carbonyl (C=O) groups is 1. The Balaban J connectivity index is 2.35. The molecule has 25 heavy (non-hydrogen) atoms. The minimum atomic E-state index is -2.44. The monoisotopic (exact) mass is 379 g/mol. The highest BCUT2D eigenvalue weighted by atomic mass is 31.2. The Kier molecular flexibility index (Phi) is 6.27. The van der Waals surface area contributed by atoms with Crippen LogP contribution in [0.4, 0.5) is 22.0 Å². The van der Waals surface area contributed by atoms with Crippen molar-refractivity contribution in [3.05, 3.63) is 59.4 Å². The maximum Gasteiger partial charge on any atom is 0.382 e. The number of halogens is 5. The van der Waals surface area contributed by atoms with Gasteiger partial charge >= 0.3 is 8.53 Å². The number of rotatable bonds is 7. The van der Waals surface area contributed by atoms with Crippen molar-refractivity contribution in [3.8, 4) is 11.5 Å². The van der Waals surface area contributed by atoms with E-state index < -0.39 is 49.4 Å². The number of hydrogen-bond acceptors (Lipinski definition) is 4. The molecular weight excluding hydrogens is 368 g/mol. The number of para-hydroxylation sites is 1. The van der Waals surface area contributed by atoms with Gasteiger partial charge in [-0.05, 0) is 19.1 Å². The van der Waals surface area contributed by atoms with E-state index in [0.717, 1.165) is 0 Å². The van der Waals surface area contributed by atoms with Gasteiger partial charge in [0.2, 0.25) is 34.8 Å². The van der Waals surface area contributed by atoms with E-state index in [1.807, 2.05) is 0 Å². The van der Waals surface area contributed by atoms with E-state index in [-0.39, 0.29) is 5.75 Å². The van der Waals surface area contributed by atoms with Crippen molar-refractivity contribution in [2.45, 2.75) is 13.0 Å². The second kappa shape index (κ2) is 8.22. The van der Waals surface area contributed by atoms with Gasteiger partial charge in [0.25, 0.3) is 0 Å². The summed E-state index contributed by atoms with van der Waals surface area (Å²) in [6.45, 7) is 1.39. The van der Waals surface area contributed by atoms with E-state index in [2.05, 4.69) is 5.09 Å². The molecule has 0 aliphatic carbocycles. The largest absolute Gasteiger partial charge is 0.427 e. The van der Waals surface area contributed by atoms with Crippen molar-refractivity contribution in [1.29, 1.82) is 0 Å². The van der Waals surface area contributed by atoms with E-state index in [1.165, 1.54) is 19.1 Å². The molecule has 2 aromatic carbocycles. The van der Waals surface area contributed by atoms with Gasteiger partial charge in [0.15, 0.2) is 0 Å². The predicted octanol–water partition coefficient (Wildman–Crippen LogP) is 4.24. The number of benzene rings is 2. The molecule has 1 N–H and O–H groups in total. The Hall–Kier alpha value is -2.25. The van der Waals surface area contributed by atoms with Gasteiger partial charge in [-0.15, -0.1) is 0 Å². The van der Waals surface area contributed by atoms with Gasteiger partial charge in [-0.1, -0.05) is 18.2 Å². The summed E-state index contributed by atoms with van der Waals surface area (Å²) in [4.78, 5) is 10.8. The van der Waals surface area contributed by atoms with Crippen LogP contribution in [0, 0.1) is 29.1 Å². The zero-order chi connectivity index (χ0) is 18.6. The fraction of sp³-hybridized carbons (Fsp3) is 0.133. The number of hydrogen-bond donors (Lipinski definition) is 1. The molecule has 4 nitrogen and oxygen atoms in total. The van der Waals surface area contributed by atoms with Crippen molar-refractivity contribution in [2.75, 3.05) is 0 Å². The van der Waals surface area contributed by atoms with Crippen LogP contribution in [0.3, 0.4) is 0 Å². The van der Waals surface area contributed by atoms with Crippen molar-refractivity contribution in [3.63, 3.8) is 0 Å². The third-order valence-corrected chi connectivity index (χ3v) is 4.13. The fourth-order valence-corrected chi connectivity index (χ4v) is 2.77. The SMILES string of the molecule is C[C@H](C=O)NP(Oc1ccccc1)Oc1c(F)c(F)c(F)c(F)c1F. The summed E-state index contributed by atoms with van der Waals surface area (Å²) in [5.74, 6) is -12.2. The molecule has 0 heterocycles. The quantitative estimate of drug-likeness (QED) is 0.257. The maximum atomic E-state index is 13.7. The van der Waals surface area contributed by atoms with E-state index >= 15 is 0 Å². The molecule has 2 aromatic rings. The summed E-state index contributed by atoms with van der Waals surface area (Å²) >= 11 is 0. The van der Waals surface area contributed by atoms with Gasteiger partial charge in [0.05, 0.1) is 6.04 Å². The lowest BCUT2D eigenvalue weighted by atomic mass is 10.3. The fourth-order valence-electron chi connectivity index (χ4n) is 1.59. The van der Waals surface area contributed by atoms with Gasteiger partial charge in [-0.3, -0.25) is 0 Å². The van der Waals surface area contributed by atoms with Crippen LogP contribution < -0.4 is 14.1 Å². The molecule has 2 atom stereocenters. The first-order valence-electron chi connectivity index (χ1n) is 6.79. The zero-order valence-electron chi connectivity index (χ0n) is 12.6. The summed E-state index contributed by atoms with van der Waals surface area (Å²) in [5.41, 5.74) is 0. The molecule has 0 aromatic heterocycles.